The Kier molecular flexibility index (Phi) is 3.28. The minimum absolute atomic E-state index is 0.210. The summed E-state index contributed by atoms with van der Waals surface area (Å²) in [6, 6.07) is 5.21. The largest absolute Gasteiger partial charge is 0.494 e. The summed E-state index contributed by atoms with van der Waals surface area (Å²) >= 11 is 0. The van der Waals surface area contributed by atoms with Crippen LogP contribution in [0.2, 0.25) is 0 Å². The molecule has 80 valence electrons. The van der Waals surface area contributed by atoms with Crippen LogP contribution in [0.3, 0.4) is 0 Å². The van der Waals surface area contributed by atoms with Gasteiger partial charge in [-0.1, -0.05) is 6.07 Å². The number of hydrogen-bond acceptors (Lipinski definition) is 5. The number of anilines is 1. The van der Waals surface area contributed by atoms with Crippen molar-refractivity contribution < 1.29 is 4.74 Å². The SMILES string of the molecule is COc1c(N)cccc1C(=N)/C(C)=N\N. The maximum atomic E-state index is 7.83. The summed E-state index contributed by atoms with van der Waals surface area (Å²) in [6.07, 6.45) is 0. The molecular formula is C10H14N4O. The van der Waals surface area contributed by atoms with Gasteiger partial charge in [-0.25, -0.2) is 0 Å². The third-order valence-electron chi connectivity index (χ3n) is 2.07. The van der Waals surface area contributed by atoms with Crippen LogP contribution in [0.4, 0.5) is 5.69 Å². The van der Waals surface area contributed by atoms with Gasteiger partial charge in [-0.2, -0.15) is 5.10 Å². The van der Waals surface area contributed by atoms with Crippen LogP contribution in [-0.4, -0.2) is 18.5 Å². The van der Waals surface area contributed by atoms with Gasteiger partial charge in [0.25, 0.3) is 0 Å². The predicted molar refractivity (Wildman–Crippen MR) is 61.5 cm³/mol. The molecule has 0 heterocycles. The van der Waals surface area contributed by atoms with Crippen molar-refractivity contribution in [3.05, 3.63) is 23.8 Å². The van der Waals surface area contributed by atoms with Crippen LogP contribution < -0.4 is 16.3 Å². The van der Waals surface area contributed by atoms with E-state index in [9.17, 15) is 0 Å². The highest BCUT2D eigenvalue weighted by Gasteiger charge is 2.13. The van der Waals surface area contributed by atoms with Crippen molar-refractivity contribution >= 4 is 17.1 Å². The van der Waals surface area contributed by atoms with Gasteiger partial charge in [-0.05, 0) is 19.1 Å². The second-order valence-corrected chi connectivity index (χ2v) is 3.02. The van der Waals surface area contributed by atoms with Gasteiger partial charge in [-0.3, -0.25) is 5.41 Å². The van der Waals surface area contributed by atoms with Gasteiger partial charge in [0, 0.05) is 5.56 Å². The molecule has 0 aliphatic heterocycles. The van der Waals surface area contributed by atoms with E-state index < -0.39 is 0 Å². The highest BCUT2D eigenvalue weighted by Crippen LogP contribution is 2.26. The lowest BCUT2D eigenvalue weighted by atomic mass is 10.0. The van der Waals surface area contributed by atoms with Crippen LogP contribution in [0.15, 0.2) is 23.3 Å². The molecular weight excluding hydrogens is 192 g/mol. The second-order valence-electron chi connectivity index (χ2n) is 3.02. The summed E-state index contributed by atoms with van der Waals surface area (Å²) < 4.78 is 5.13. The van der Waals surface area contributed by atoms with Gasteiger partial charge in [0.05, 0.1) is 24.2 Å². The van der Waals surface area contributed by atoms with E-state index in [-0.39, 0.29) is 5.71 Å². The molecule has 0 atom stereocenters. The van der Waals surface area contributed by atoms with Crippen LogP contribution in [0.25, 0.3) is 0 Å². The van der Waals surface area contributed by atoms with Gasteiger partial charge in [-0.15, -0.1) is 0 Å². The van der Waals surface area contributed by atoms with E-state index in [0.29, 0.717) is 22.7 Å². The molecule has 5 heteroatoms. The molecule has 0 aliphatic rings. The van der Waals surface area contributed by atoms with E-state index in [4.69, 9.17) is 21.7 Å². The third-order valence-corrected chi connectivity index (χ3v) is 2.07. The van der Waals surface area contributed by atoms with Gasteiger partial charge >= 0.3 is 0 Å². The van der Waals surface area contributed by atoms with E-state index in [1.165, 1.54) is 7.11 Å². The quantitative estimate of drug-likeness (QED) is 0.297. The summed E-state index contributed by atoms with van der Waals surface area (Å²) in [5, 5.41) is 11.3. The first kappa shape index (κ1) is 11.0. The first-order valence-electron chi connectivity index (χ1n) is 4.38. The Labute approximate surface area is 88.2 Å². The Balaban J connectivity index is 3.26. The number of rotatable bonds is 3. The zero-order valence-electron chi connectivity index (χ0n) is 8.74. The molecule has 1 aromatic rings. The molecule has 0 amide bonds. The van der Waals surface area contributed by atoms with Crippen molar-refractivity contribution in [2.24, 2.45) is 10.9 Å². The molecule has 15 heavy (non-hydrogen) atoms. The average molecular weight is 206 g/mol. The molecule has 0 aromatic heterocycles. The van der Waals surface area contributed by atoms with Crippen LogP contribution in [0.5, 0.6) is 5.75 Å². The minimum Gasteiger partial charge on any atom is -0.494 e. The van der Waals surface area contributed by atoms with E-state index >= 15 is 0 Å². The van der Waals surface area contributed by atoms with Crippen molar-refractivity contribution in [1.82, 2.24) is 0 Å². The number of methoxy groups -OCH3 is 1. The molecule has 0 bridgehead atoms. The van der Waals surface area contributed by atoms with Gasteiger partial charge in [0.15, 0.2) is 5.75 Å². The Hall–Kier alpha value is -2.04. The van der Waals surface area contributed by atoms with Crippen molar-refractivity contribution in [2.45, 2.75) is 6.92 Å². The Morgan fingerprint density at radius 1 is 1.47 bits per heavy atom. The first-order valence-corrected chi connectivity index (χ1v) is 4.38. The molecule has 1 aromatic carbocycles. The van der Waals surface area contributed by atoms with Crippen molar-refractivity contribution in [3.63, 3.8) is 0 Å². The van der Waals surface area contributed by atoms with Gasteiger partial charge in [0.1, 0.15) is 0 Å². The average Bonchev–Trinajstić information content (AvgIpc) is 2.26. The maximum Gasteiger partial charge on any atom is 0.151 e. The lowest BCUT2D eigenvalue weighted by molar-refractivity contribution is 0.416. The predicted octanol–water partition coefficient (Wildman–Crippen LogP) is 0.980. The Bertz CT molecular complexity index is 412. The Morgan fingerprint density at radius 3 is 2.67 bits per heavy atom. The smallest absolute Gasteiger partial charge is 0.151 e. The maximum absolute atomic E-state index is 7.83. The molecule has 0 aliphatic carbocycles. The number of ether oxygens (including phenoxy) is 1. The highest BCUT2D eigenvalue weighted by molar-refractivity contribution is 6.47. The molecule has 5 N–H and O–H groups in total. The number of nitrogen functional groups attached to an aromatic ring is 1. The third kappa shape index (κ3) is 2.07. The fraction of sp³-hybridized carbons (Fsp3) is 0.200. The first-order chi connectivity index (χ1) is 7.11. The minimum atomic E-state index is 0.210. The van der Waals surface area contributed by atoms with Gasteiger partial charge in [0.2, 0.25) is 0 Å². The second kappa shape index (κ2) is 4.45. The number of benzene rings is 1. The molecule has 0 radical (unpaired) electrons. The Morgan fingerprint density at radius 2 is 2.13 bits per heavy atom. The summed E-state index contributed by atoms with van der Waals surface area (Å²) in [4.78, 5) is 0. The molecule has 5 nitrogen and oxygen atoms in total. The summed E-state index contributed by atoms with van der Waals surface area (Å²) in [5.41, 5.74) is 7.44. The van der Waals surface area contributed by atoms with Crippen molar-refractivity contribution in [2.75, 3.05) is 12.8 Å². The number of para-hydroxylation sites is 1. The topological polar surface area (TPSA) is 97.5 Å². The number of hydrazone groups is 1. The highest BCUT2D eigenvalue weighted by atomic mass is 16.5. The number of nitrogens with one attached hydrogen (secondary N) is 1. The number of nitrogens with zero attached hydrogens (tertiary/aromatic N) is 1. The zero-order chi connectivity index (χ0) is 11.4. The van der Waals surface area contributed by atoms with Crippen LogP contribution in [0.1, 0.15) is 12.5 Å². The molecule has 0 unspecified atom stereocenters. The standard InChI is InChI=1S/C10H14N4O/c1-6(14-13)9(12)7-4-3-5-8(11)10(7)15-2/h3-5,12H,11,13H2,1-2H3/b12-9?,14-6-. The fourth-order valence-corrected chi connectivity index (χ4v) is 1.24. The molecule has 0 saturated heterocycles. The fourth-order valence-electron chi connectivity index (χ4n) is 1.24. The monoisotopic (exact) mass is 206 g/mol. The summed E-state index contributed by atoms with van der Waals surface area (Å²) in [5.74, 6) is 5.59. The van der Waals surface area contributed by atoms with E-state index in [1.54, 1.807) is 25.1 Å². The zero-order valence-corrected chi connectivity index (χ0v) is 8.74. The van der Waals surface area contributed by atoms with E-state index in [2.05, 4.69) is 5.10 Å². The van der Waals surface area contributed by atoms with Crippen LogP contribution in [-0.2, 0) is 0 Å². The van der Waals surface area contributed by atoms with E-state index in [1.807, 2.05) is 0 Å². The molecule has 0 fully saturated rings. The lowest BCUT2D eigenvalue weighted by Crippen LogP contribution is -2.14. The molecule has 1 rings (SSSR count). The normalized spacial score (nSPS) is 11.2. The van der Waals surface area contributed by atoms with Gasteiger partial charge < -0.3 is 16.3 Å². The number of nitrogens with two attached hydrogens (primary N) is 2. The molecule has 0 saturated carbocycles. The van der Waals surface area contributed by atoms with Crippen LogP contribution in [0, 0.1) is 5.41 Å². The summed E-state index contributed by atoms with van der Waals surface area (Å²) in [6.45, 7) is 1.66. The molecule has 0 spiro atoms. The lowest BCUT2D eigenvalue weighted by Gasteiger charge is -2.11. The van der Waals surface area contributed by atoms with E-state index in [0.717, 1.165) is 0 Å². The van der Waals surface area contributed by atoms with Crippen molar-refractivity contribution in [1.29, 1.82) is 5.41 Å². The van der Waals surface area contributed by atoms with Crippen LogP contribution >= 0.6 is 0 Å². The number of hydrogen-bond donors (Lipinski definition) is 3. The van der Waals surface area contributed by atoms with Crippen molar-refractivity contribution in [3.8, 4) is 5.75 Å². The summed E-state index contributed by atoms with van der Waals surface area (Å²) in [7, 11) is 1.51.